The minimum Gasteiger partial charge on any atom is -0.480 e. The fourth-order valence-electron chi connectivity index (χ4n) is 4.81. The van der Waals surface area contributed by atoms with Gasteiger partial charge in [0.2, 0.25) is 11.8 Å². The van der Waals surface area contributed by atoms with Crippen molar-refractivity contribution in [2.75, 3.05) is 30.9 Å². The molecule has 3 rings (SSSR count). The second kappa shape index (κ2) is 17.8. The lowest BCUT2D eigenvalue weighted by atomic mass is 9.97. The molecular formula is C33H43N3O4S2. The van der Waals surface area contributed by atoms with E-state index in [1.54, 1.807) is 23.5 Å². The van der Waals surface area contributed by atoms with Crippen LogP contribution < -0.4 is 10.6 Å². The smallest absolute Gasteiger partial charge is 0.326 e. The zero-order valence-electron chi connectivity index (χ0n) is 24.8. The molecule has 0 bridgehead atoms. The van der Waals surface area contributed by atoms with Crippen molar-refractivity contribution < 1.29 is 19.5 Å². The molecule has 0 aliphatic rings. The van der Waals surface area contributed by atoms with Gasteiger partial charge in [-0.1, -0.05) is 93.1 Å². The van der Waals surface area contributed by atoms with E-state index in [0.29, 0.717) is 31.0 Å². The fourth-order valence-corrected chi connectivity index (χ4v) is 6.08. The third kappa shape index (κ3) is 11.0. The maximum atomic E-state index is 13.2. The van der Waals surface area contributed by atoms with Gasteiger partial charge in [0, 0.05) is 24.9 Å². The molecule has 0 unspecified atom stereocenters. The van der Waals surface area contributed by atoms with Crippen LogP contribution in [0.25, 0.3) is 10.8 Å². The second-order valence-electron chi connectivity index (χ2n) is 10.6. The first-order chi connectivity index (χ1) is 20.3. The number of thioether (sulfide) groups is 2. The Morgan fingerprint density at radius 3 is 2.36 bits per heavy atom. The Kier molecular flexibility index (Phi) is 14.2. The predicted octanol–water partition coefficient (Wildman–Crippen LogP) is 5.43. The van der Waals surface area contributed by atoms with E-state index in [1.165, 1.54) is 5.56 Å². The lowest BCUT2D eigenvalue weighted by Gasteiger charge is -2.31. The number of carboxylic acid groups (broad SMARTS) is 1. The zero-order chi connectivity index (χ0) is 30.3. The van der Waals surface area contributed by atoms with Gasteiger partial charge in [-0.15, -0.1) is 11.8 Å². The second-order valence-corrected chi connectivity index (χ2v) is 12.6. The van der Waals surface area contributed by atoms with Crippen LogP contribution in [0.5, 0.6) is 0 Å². The van der Waals surface area contributed by atoms with Crippen LogP contribution in [0.3, 0.4) is 0 Å². The van der Waals surface area contributed by atoms with Crippen molar-refractivity contribution in [3.8, 4) is 0 Å². The molecule has 0 saturated carbocycles. The molecule has 2 amide bonds. The average molecular weight is 610 g/mol. The quantitative estimate of drug-likeness (QED) is 0.177. The molecule has 0 fully saturated rings. The number of carbonyl (C=O) groups is 3. The number of nitrogens with zero attached hydrogens (tertiary/aromatic N) is 1. The summed E-state index contributed by atoms with van der Waals surface area (Å²) in [6.45, 7) is 5.18. The van der Waals surface area contributed by atoms with Gasteiger partial charge in [-0.3, -0.25) is 14.5 Å². The highest BCUT2D eigenvalue weighted by atomic mass is 32.2. The van der Waals surface area contributed by atoms with Gasteiger partial charge in [0.05, 0.1) is 12.3 Å². The molecular weight excluding hydrogens is 567 g/mol. The molecule has 0 radical (unpaired) electrons. The van der Waals surface area contributed by atoms with Gasteiger partial charge in [0.25, 0.3) is 0 Å². The van der Waals surface area contributed by atoms with E-state index in [1.807, 2.05) is 47.6 Å². The summed E-state index contributed by atoms with van der Waals surface area (Å²) in [5.74, 6) is 0.532. The first kappa shape index (κ1) is 33.5. The lowest BCUT2D eigenvalue weighted by Crippen LogP contribution is -2.51. The van der Waals surface area contributed by atoms with Crippen LogP contribution in [0.2, 0.25) is 0 Å². The van der Waals surface area contributed by atoms with E-state index < -0.39 is 12.0 Å². The summed E-state index contributed by atoms with van der Waals surface area (Å²) in [7, 11) is 0. The van der Waals surface area contributed by atoms with Crippen LogP contribution in [-0.4, -0.2) is 70.7 Å². The molecule has 226 valence electrons. The molecule has 0 heterocycles. The Morgan fingerprint density at radius 1 is 0.929 bits per heavy atom. The summed E-state index contributed by atoms with van der Waals surface area (Å²) in [6.07, 6.45) is 3.14. The number of fused-ring (bicyclic) bond motifs is 1. The van der Waals surface area contributed by atoms with Gasteiger partial charge in [-0.25, -0.2) is 4.79 Å². The first-order valence-corrected chi connectivity index (χ1v) is 17.0. The van der Waals surface area contributed by atoms with E-state index in [2.05, 4.69) is 60.9 Å². The molecule has 3 atom stereocenters. The third-order valence-corrected chi connectivity index (χ3v) is 9.01. The largest absolute Gasteiger partial charge is 0.480 e. The lowest BCUT2D eigenvalue weighted by molar-refractivity contribution is -0.142. The zero-order valence-corrected chi connectivity index (χ0v) is 26.4. The summed E-state index contributed by atoms with van der Waals surface area (Å²) in [6, 6.07) is 23.3. The molecule has 3 aromatic carbocycles. The van der Waals surface area contributed by atoms with E-state index in [9.17, 15) is 19.5 Å². The number of carboxylic acids is 1. The Hall–Kier alpha value is -3.01. The molecule has 0 aliphatic carbocycles. The molecule has 0 spiro atoms. The van der Waals surface area contributed by atoms with Gasteiger partial charge in [-0.05, 0) is 46.2 Å². The number of nitrogens with one attached hydrogen (secondary N) is 2. The molecule has 42 heavy (non-hydrogen) atoms. The molecule has 3 N–H and O–H groups in total. The third-order valence-electron chi connectivity index (χ3n) is 7.36. The van der Waals surface area contributed by atoms with Crippen molar-refractivity contribution in [2.24, 2.45) is 5.92 Å². The average Bonchev–Trinajstić information content (AvgIpc) is 2.99. The molecule has 0 aromatic heterocycles. The van der Waals surface area contributed by atoms with Crippen LogP contribution >= 0.6 is 23.5 Å². The molecule has 0 saturated heterocycles. The Morgan fingerprint density at radius 2 is 1.64 bits per heavy atom. The molecule has 0 aliphatic heterocycles. The first-order valence-electron chi connectivity index (χ1n) is 14.4. The van der Waals surface area contributed by atoms with Crippen LogP contribution in [0.1, 0.15) is 37.8 Å². The summed E-state index contributed by atoms with van der Waals surface area (Å²) < 4.78 is 0. The van der Waals surface area contributed by atoms with Crippen LogP contribution in [0, 0.1) is 5.92 Å². The van der Waals surface area contributed by atoms with Crippen molar-refractivity contribution in [1.29, 1.82) is 0 Å². The minimum atomic E-state index is -1.03. The number of rotatable bonds is 18. The Balaban J connectivity index is 1.75. The highest BCUT2D eigenvalue weighted by Crippen LogP contribution is 2.21. The molecule has 3 aromatic rings. The number of aliphatic carboxylic acids is 1. The predicted molar refractivity (Wildman–Crippen MR) is 176 cm³/mol. The number of hydrogen-bond acceptors (Lipinski definition) is 6. The van der Waals surface area contributed by atoms with E-state index in [-0.39, 0.29) is 30.3 Å². The summed E-state index contributed by atoms with van der Waals surface area (Å²) in [5.41, 5.74) is 2.25. The monoisotopic (exact) mass is 609 g/mol. The van der Waals surface area contributed by atoms with Gasteiger partial charge in [-0.2, -0.15) is 11.8 Å². The van der Waals surface area contributed by atoms with Gasteiger partial charge in [0.15, 0.2) is 0 Å². The minimum absolute atomic E-state index is 0.0256. The number of amides is 2. The van der Waals surface area contributed by atoms with Crippen LogP contribution in [0.15, 0.2) is 72.8 Å². The Bertz CT molecular complexity index is 1290. The van der Waals surface area contributed by atoms with Gasteiger partial charge >= 0.3 is 5.97 Å². The fraction of sp³-hybridized carbons (Fsp3) is 0.424. The molecule has 9 heteroatoms. The van der Waals surface area contributed by atoms with Crippen molar-refractivity contribution in [1.82, 2.24) is 15.5 Å². The number of carbonyl (C=O) groups excluding carboxylic acids is 2. The van der Waals surface area contributed by atoms with Crippen LogP contribution in [-0.2, 0) is 26.7 Å². The van der Waals surface area contributed by atoms with E-state index >= 15 is 0 Å². The highest BCUT2D eigenvalue weighted by Gasteiger charge is 2.25. The van der Waals surface area contributed by atoms with Gasteiger partial charge in [0.1, 0.15) is 6.04 Å². The maximum absolute atomic E-state index is 13.2. The SMILES string of the molecule is CC[C@H](C)[C@@H](CN(CC(=O)N[C@@H](CCSC)C(=O)O)Cc1cccc2ccccc12)NC(=O)CSCc1ccccc1. The molecule has 7 nitrogen and oxygen atoms in total. The number of hydrogen-bond donors (Lipinski definition) is 3. The summed E-state index contributed by atoms with van der Waals surface area (Å²) in [5, 5.41) is 17.8. The topological polar surface area (TPSA) is 98.7 Å². The van der Waals surface area contributed by atoms with Crippen molar-refractivity contribution >= 4 is 52.1 Å². The van der Waals surface area contributed by atoms with Crippen LogP contribution in [0.4, 0.5) is 0 Å². The van der Waals surface area contributed by atoms with Crippen molar-refractivity contribution in [3.63, 3.8) is 0 Å². The summed E-state index contributed by atoms with van der Waals surface area (Å²) >= 11 is 3.13. The standard InChI is InChI=1S/C33H43N3O4S2/c1-4-24(2)30(35-32(38)23-42-22-25-11-6-5-7-12-25)20-36(21-31(37)34-29(33(39)40)17-18-41-3)19-27-15-10-14-26-13-8-9-16-28(26)27/h5-16,24,29-30H,4,17-23H2,1-3H3,(H,34,37)(H,35,38)(H,39,40)/t24-,29-,30+/m0/s1. The van der Waals surface area contributed by atoms with Crippen molar-refractivity contribution in [2.45, 2.75) is 51.1 Å². The van der Waals surface area contributed by atoms with E-state index in [0.717, 1.165) is 28.5 Å². The normalized spacial score (nSPS) is 13.4. The maximum Gasteiger partial charge on any atom is 0.326 e. The Labute approximate surface area is 258 Å². The number of benzene rings is 3. The van der Waals surface area contributed by atoms with E-state index in [4.69, 9.17) is 0 Å². The highest BCUT2D eigenvalue weighted by molar-refractivity contribution is 7.99. The van der Waals surface area contributed by atoms with Gasteiger partial charge < -0.3 is 15.7 Å². The van der Waals surface area contributed by atoms with Crippen molar-refractivity contribution in [3.05, 3.63) is 83.9 Å². The summed E-state index contributed by atoms with van der Waals surface area (Å²) in [4.78, 5) is 40.0.